The Morgan fingerprint density at radius 1 is 0.926 bits per heavy atom. The van der Waals surface area contributed by atoms with Gasteiger partial charge in [-0.1, -0.05) is 24.3 Å². The van der Waals surface area contributed by atoms with Gasteiger partial charge in [0.15, 0.2) is 0 Å². The summed E-state index contributed by atoms with van der Waals surface area (Å²) in [5.74, 6) is 0.650. The summed E-state index contributed by atoms with van der Waals surface area (Å²) in [6.45, 7) is 2.80. The molecule has 7 heteroatoms. The molecule has 0 atom stereocenters. The minimum atomic E-state index is -0.142. The lowest BCUT2D eigenvalue weighted by molar-refractivity contribution is -0.117. The first kappa shape index (κ1) is 18.7. The number of anilines is 2. The zero-order chi connectivity index (χ0) is 19.1. The highest BCUT2D eigenvalue weighted by Crippen LogP contribution is 2.17. The van der Waals surface area contributed by atoms with E-state index in [-0.39, 0.29) is 11.9 Å². The Balaban J connectivity index is 1.44. The van der Waals surface area contributed by atoms with Crippen molar-refractivity contribution >= 4 is 23.3 Å². The molecule has 0 aromatic heterocycles. The van der Waals surface area contributed by atoms with Gasteiger partial charge in [0.2, 0.25) is 5.91 Å². The van der Waals surface area contributed by atoms with E-state index in [4.69, 9.17) is 4.74 Å². The van der Waals surface area contributed by atoms with E-state index in [1.807, 2.05) is 53.4 Å². The molecule has 1 aliphatic rings. The maximum Gasteiger partial charge on any atom is 0.321 e. The van der Waals surface area contributed by atoms with E-state index in [2.05, 4.69) is 10.6 Å². The molecule has 0 bridgehead atoms. The first-order valence-corrected chi connectivity index (χ1v) is 8.91. The second-order valence-corrected chi connectivity index (χ2v) is 6.34. The van der Waals surface area contributed by atoms with E-state index in [1.165, 1.54) is 0 Å². The topological polar surface area (TPSA) is 73.9 Å². The van der Waals surface area contributed by atoms with Crippen LogP contribution >= 0.6 is 0 Å². The molecule has 1 fully saturated rings. The van der Waals surface area contributed by atoms with Crippen LogP contribution in [0.4, 0.5) is 16.2 Å². The van der Waals surface area contributed by atoms with Gasteiger partial charge in [-0.2, -0.15) is 0 Å². The summed E-state index contributed by atoms with van der Waals surface area (Å²) in [7, 11) is 1.59. The van der Waals surface area contributed by atoms with E-state index in [9.17, 15) is 9.59 Å². The Morgan fingerprint density at radius 2 is 1.63 bits per heavy atom. The van der Waals surface area contributed by atoms with Gasteiger partial charge in [0, 0.05) is 43.6 Å². The SMILES string of the molecule is COc1cccc(NC(=O)N2CCN(CC(=O)Nc3ccccc3)CC2)c1. The summed E-state index contributed by atoms with van der Waals surface area (Å²) < 4.78 is 5.17. The van der Waals surface area contributed by atoms with E-state index in [1.54, 1.807) is 18.1 Å². The fourth-order valence-electron chi connectivity index (χ4n) is 2.94. The van der Waals surface area contributed by atoms with E-state index in [0.717, 1.165) is 5.69 Å². The molecular formula is C20H24N4O3. The molecule has 0 aliphatic carbocycles. The number of carbonyl (C=O) groups is 2. The summed E-state index contributed by atoms with van der Waals surface area (Å²) in [6, 6.07) is 16.5. The third-order valence-electron chi connectivity index (χ3n) is 4.41. The number of benzene rings is 2. The maximum atomic E-state index is 12.4. The number of carbonyl (C=O) groups excluding carboxylic acids is 2. The average Bonchev–Trinajstić information content (AvgIpc) is 2.69. The Bertz CT molecular complexity index is 774. The second kappa shape index (κ2) is 9.05. The minimum Gasteiger partial charge on any atom is -0.497 e. The zero-order valence-corrected chi connectivity index (χ0v) is 15.4. The standard InChI is InChI=1S/C20H24N4O3/c1-27-18-9-5-8-17(14-18)22-20(26)24-12-10-23(11-13-24)15-19(25)21-16-6-3-2-4-7-16/h2-9,14H,10-13,15H2,1H3,(H,21,25)(H,22,26). The van der Waals surface area contributed by atoms with Crippen molar-refractivity contribution in [2.45, 2.75) is 0 Å². The third-order valence-corrected chi connectivity index (χ3v) is 4.41. The number of piperazine rings is 1. The van der Waals surface area contributed by atoms with Crippen molar-refractivity contribution in [2.24, 2.45) is 0 Å². The van der Waals surface area contributed by atoms with Crippen molar-refractivity contribution < 1.29 is 14.3 Å². The summed E-state index contributed by atoms with van der Waals surface area (Å²) in [5, 5.41) is 5.77. The number of urea groups is 1. The molecule has 2 N–H and O–H groups in total. The van der Waals surface area contributed by atoms with Crippen LogP contribution in [-0.2, 0) is 4.79 Å². The molecule has 0 saturated carbocycles. The van der Waals surface area contributed by atoms with Crippen LogP contribution in [0.5, 0.6) is 5.75 Å². The number of hydrogen-bond acceptors (Lipinski definition) is 4. The van der Waals surface area contributed by atoms with Crippen molar-refractivity contribution in [1.29, 1.82) is 0 Å². The Morgan fingerprint density at radius 3 is 2.33 bits per heavy atom. The summed E-state index contributed by atoms with van der Waals surface area (Å²) >= 11 is 0. The van der Waals surface area contributed by atoms with Crippen molar-refractivity contribution in [3.05, 3.63) is 54.6 Å². The highest BCUT2D eigenvalue weighted by Gasteiger charge is 2.22. The first-order chi connectivity index (χ1) is 13.1. The molecular weight excluding hydrogens is 344 g/mol. The number of para-hydroxylation sites is 1. The van der Waals surface area contributed by atoms with Gasteiger partial charge < -0.3 is 20.3 Å². The molecule has 1 aliphatic heterocycles. The van der Waals surface area contributed by atoms with Crippen LogP contribution in [0.3, 0.4) is 0 Å². The molecule has 2 aromatic carbocycles. The summed E-state index contributed by atoms with van der Waals surface area (Å²) in [4.78, 5) is 28.4. The predicted octanol–water partition coefficient (Wildman–Crippen LogP) is 2.48. The van der Waals surface area contributed by atoms with Crippen LogP contribution in [0.25, 0.3) is 0 Å². The number of nitrogens with one attached hydrogen (secondary N) is 2. The van der Waals surface area contributed by atoms with Gasteiger partial charge in [-0.3, -0.25) is 9.69 Å². The molecule has 142 valence electrons. The number of hydrogen-bond donors (Lipinski definition) is 2. The van der Waals surface area contributed by atoms with Crippen LogP contribution in [0.15, 0.2) is 54.6 Å². The average molecular weight is 368 g/mol. The highest BCUT2D eigenvalue weighted by atomic mass is 16.5. The van der Waals surface area contributed by atoms with Gasteiger partial charge in [-0.15, -0.1) is 0 Å². The Hall–Kier alpha value is -3.06. The van der Waals surface area contributed by atoms with Gasteiger partial charge >= 0.3 is 6.03 Å². The lowest BCUT2D eigenvalue weighted by Crippen LogP contribution is -2.51. The van der Waals surface area contributed by atoms with Crippen LogP contribution in [-0.4, -0.2) is 61.6 Å². The van der Waals surface area contributed by atoms with Crippen molar-refractivity contribution in [2.75, 3.05) is 50.5 Å². The van der Waals surface area contributed by atoms with Crippen molar-refractivity contribution in [3.63, 3.8) is 0 Å². The number of nitrogens with zero attached hydrogens (tertiary/aromatic N) is 2. The monoisotopic (exact) mass is 368 g/mol. The van der Waals surface area contributed by atoms with E-state index in [0.29, 0.717) is 44.2 Å². The molecule has 0 unspecified atom stereocenters. The van der Waals surface area contributed by atoms with Crippen molar-refractivity contribution in [1.82, 2.24) is 9.80 Å². The van der Waals surface area contributed by atoms with Gasteiger partial charge in [0.25, 0.3) is 0 Å². The molecule has 0 radical (unpaired) electrons. The van der Waals surface area contributed by atoms with Gasteiger partial charge in [0.1, 0.15) is 5.75 Å². The van der Waals surface area contributed by atoms with Crippen LogP contribution in [0.2, 0.25) is 0 Å². The lowest BCUT2D eigenvalue weighted by atomic mass is 10.3. The van der Waals surface area contributed by atoms with Crippen LogP contribution < -0.4 is 15.4 Å². The van der Waals surface area contributed by atoms with Gasteiger partial charge in [-0.05, 0) is 24.3 Å². The highest BCUT2D eigenvalue weighted by molar-refractivity contribution is 5.92. The second-order valence-electron chi connectivity index (χ2n) is 6.34. The van der Waals surface area contributed by atoms with Crippen LogP contribution in [0.1, 0.15) is 0 Å². The Kier molecular flexibility index (Phi) is 6.27. The molecule has 0 spiro atoms. The summed E-state index contributed by atoms with van der Waals surface area (Å²) in [6.07, 6.45) is 0. The molecule has 3 rings (SSSR count). The normalized spacial score (nSPS) is 14.5. The zero-order valence-electron chi connectivity index (χ0n) is 15.4. The fourth-order valence-corrected chi connectivity index (χ4v) is 2.94. The Labute approximate surface area is 158 Å². The number of amides is 3. The number of ether oxygens (including phenoxy) is 1. The lowest BCUT2D eigenvalue weighted by Gasteiger charge is -2.34. The molecule has 3 amide bonds. The molecule has 1 heterocycles. The van der Waals surface area contributed by atoms with Gasteiger partial charge in [0.05, 0.1) is 13.7 Å². The quantitative estimate of drug-likeness (QED) is 0.850. The predicted molar refractivity (Wildman–Crippen MR) is 105 cm³/mol. The third kappa shape index (κ3) is 5.46. The largest absolute Gasteiger partial charge is 0.497 e. The van der Waals surface area contributed by atoms with Gasteiger partial charge in [-0.25, -0.2) is 4.79 Å². The molecule has 7 nitrogen and oxygen atoms in total. The first-order valence-electron chi connectivity index (χ1n) is 8.91. The maximum absolute atomic E-state index is 12.4. The van der Waals surface area contributed by atoms with Crippen molar-refractivity contribution in [3.8, 4) is 5.75 Å². The number of rotatable bonds is 5. The molecule has 1 saturated heterocycles. The molecule has 27 heavy (non-hydrogen) atoms. The fraction of sp³-hybridized carbons (Fsp3) is 0.300. The number of methoxy groups -OCH3 is 1. The molecule has 2 aromatic rings. The smallest absolute Gasteiger partial charge is 0.321 e. The summed E-state index contributed by atoms with van der Waals surface area (Å²) in [5.41, 5.74) is 1.49. The van der Waals surface area contributed by atoms with E-state index >= 15 is 0 Å². The minimum absolute atomic E-state index is 0.0458. The van der Waals surface area contributed by atoms with Crippen LogP contribution in [0, 0.1) is 0 Å². The van der Waals surface area contributed by atoms with E-state index < -0.39 is 0 Å².